The second-order valence-electron chi connectivity index (χ2n) is 6.52. The SMILES string of the molecule is O=C(N[C@H]1C/C=C\C[C@@H]2CCC[C@@H](C(=O)O)N2C1=O)c1ccccc1. The van der Waals surface area contributed by atoms with Gasteiger partial charge in [-0.1, -0.05) is 30.4 Å². The van der Waals surface area contributed by atoms with Gasteiger partial charge in [-0.25, -0.2) is 4.79 Å². The Morgan fingerprint density at radius 2 is 1.80 bits per heavy atom. The van der Waals surface area contributed by atoms with Crippen molar-refractivity contribution in [3.05, 3.63) is 48.0 Å². The summed E-state index contributed by atoms with van der Waals surface area (Å²) in [7, 11) is 0. The van der Waals surface area contributed by atoms with Gasteiger partial charge >= 0.3 is 5.97 Å². The number of piperidine rings is 1. The molecule has 6 nitrogen and oxygen atoms in total. The molecular weight excluding hydrogens is 320 g/mol. The molecule has 0 unspecified atom stereocenters. The van der Waals surface area contributed by atoms with Crippen LogP contribution in [0, 0.1) is 0 Å². The van der Waals surface area contributed by atoms with E-state index in [1.54, 1.807) is 24.3 Å². The van der Waals surface area contributed by atoms with E-state index in [-0.39, 0.29) is 17.9 Å². The second-order valence-corrected chi connectivity index (χ2v) is 6.52. The number of benzene rings is 1. The number of carboxylic acid groups (broad SMARTS) is 1. The number of amides is 2. The van der Waals surface area contributed by atoms with E-state index in [9.17, 15) is 19.5 Å². The highest BCUT2D eigenvalue weighted by Crippen LogP contribution is 2.28. The third kappa shape index (κ3) is 3.73. The van der Waals surface area contributed by atoms with Crippen molar-refractivity contribution in [1.82, 2.24) is 10.2 Å². The zero-order valence-corrected chi connectivity index (χ0v) is 13.9. The molecular formula is C19H22N2O4. The summed E-state index contributed by atoms with van der Waals surface area (Å²) in [6.07, 6.45) is 6.95. The third-order valence-electron chi connectivity index (χ3n) is 4.87. The minimum Gasteiger partial charge on any atom is -0.480 e. The highest BCUT2D eigenvalue weighted by molar-refractivity contribution is 5.98. The van der Waals surface area contributed by atoms with Gasteiger partial charge in [0, 0.05) is 11.6 Å². The monoisotopic (exact) mass is 342 g/mol. The van der Waals surface area contributed by atoms with E-state index >= 15 is 0 Å². The summed E-state index contributed by atoms with van der Waals surface area (Å²) in [5.74, 6) is -1.60. The van der Waals surface area contributed by atoms with Gasteiger partial charge in [-0.3, -0.25) is 9.59 Å². The number of carbonyl (C=O) groups is 3. The zero-order chi connectivity index (χ0) is 17.8. The summed E-state index contributed by atoms with van der Waals surface area (Å²) in [6, 6.07) is 7.03. The van der Waals surface area contributed by atoms with Crippen LogP contribution >= 0.6 is 0 Å². The number of hydrogen-bond acceptors (Lipinski definition) is 3. The van der Waals surface area contributed by atoms with Crippen LogP contribution in [0.5, 0.6) is 0 Å². The Morgan fingerprint density at radius 3 is 2.52 bits per heavy atom. The van der Waals surface area contributed by atoms with Crippen molar-refractivity contribution in [3.8, 4) is 0 Å². The summed E-state index contributed by atoms with van der Waals surface area (Å²) in [5.41, 5.74) is 0.478. The number of carboxylic acids is 1. The van der Waals surface area contributed by atoms with Crippen molar-refractivity contribution in [3.63, 3.8) is 0 Å². The van der Waals surface area contributed by atoms with E-state index in [0.717, 1.165) is 12.8 Å². The van der Waals surface area contributed by atoms with Crippen LogP contribution in [0.2, 0.25) is 0 Å². The lowest BCUT2D eigenvalue weighted by atomic mass is 9.90. The molecule has 0 spiro atoms. The second kappa shape index (κ2) is 7.51. The maximum absolute atomic E-state index is 13.0. The Labute approximate surface area is 146 Å². The highest BCUT2D eigenvalue weighted by Gasteiger charge is 2.41. The maximum Gasteiger partial charge on any atom is 0.326 e. The lowest BCUT2D eigenvalue weighted by Gasteiger charge is -2.42. The molecule has 3 atom stereocenters. The zero-order valence-electron chi connectivity index (χ0n) is 13.9. The molecule has 132 valence electrons. The van der Waals surface area contributed by atoms with Crippen LogP contribution in [0.25, 0.3) is 0 Å². The quantitative estimate of drug-likeness (QED) is 0.822. The molecule has 0 bridgehead atoms. The van der Waals surface area contributed by atoms with Crippen molar-refractivity contribution in [2.24, 2.45) is 0 Å². The molecule has 2 N–H and O–H groups in total. The van der Waals surface area contributed by atoms with E-state index in [1.165, 1.54) is 4.90 Å². The molecule has 1 aromatic carbocycles. The summed E-state index contributed by atoms with van der Waals surface area (Å²) in [4.78, 5) is 38.5. The first kappa shape index (κ1) is 17.2. The molecule has 25 heavy (non-hydrogen) atoms. The Kier molecular flexibility index (Phi) is 5.16. The van der Waals surface area contributed by atoms with E-state index < -0.39 is 18.1 Å². The molecule has 2 aliphatic heterocycles. The normalized spacial score (nSPS) is 27.6. The van der Waals surface area contributed by atoms with Crippen LogP contribution < -0.4 is 5.32 Å². The van der Waals surface area contributed by atoms with E-state index in [4.69, 9.17) is 0 Å². The molecule has 1 aromatic rings. The minimum absolute atomic E-state index is 0.116. The molecule has 0 saturated carbocycles. The fourth-order valence-corrected chi connectivity index (χ4v) is 3.61. The number of nitrogens with one attached hydrogen (secondary N) is 1. The molecule has 1 saturated heterocycles. The summed E-state index contributed by atoms with van der Waals surface area (Å²) >= 11 is 0. The van der Waals surface area contributed by atoms with Gasteiger partial charge in [0.15, 0.2) is 0 Å². The van der Waals surface area contributed by atoms with Crippen LogP contribution in [0.3, 0.4) is 0 Å². The Hall–Kier alpha value is -2.63. The first-order valence-corrected chi connectivity index (χ1v) is 8.64. The number of aliphatic carboxylic acids is 1. The van der Waals surface area contributed by atoms with E-state index in [2.05, 4.69) is 5.32 Å². The topological polar surface area (TPSA) is 86.7 Å². The average molecular weight is 342 g/mol. The van der Waals surface area contributed by atoms with E-state index in [0.29, 0.717) is 24.8 Å². The standard InChI is InChI=1S/C19H22N2O4/c22-17(13-7-2-1-3-8-13)20-15-11-5-4-9-14-10-6-12-16(19(24)25)21(14)18(15)23/h1-5,7-8,14-16H,6,9-12H2,(H,20,22)(H,24,25)/b5-4-/t14-,15+,16+/m1/s1. The molecule has 2 heterocycles. The summed E-state index contributed by atoms with van der Waals surface area (Å²) in [5, 5.41) is 12.3. The minimum atomic E-state index is -0.976. The average Bonchev–Trinajstić information content (AvgIpc) is 2.62. The van der Waals surface area contributed by atoms with Gasteiger partial charge in [0.2, 0.25) is 5.91 Å². The Bertz CT molecular complexity index is 686. The predicted octanol–water partition coefficient (Wildman–Crippen LogP) is 1.97. The van der Waals surface area contributed by atoms with Crippen molar-refractivity contribution < 1.29 is 19.5 Å². The molecule has 0 radical (unpaired) electrons. The van der Waals surface area contributed by atoms with Crippen LogP contribution in [0.4, 0.5) is 0 Å². The molecule has 0 aliphatic carbocycles. The number of fused-ring (bicyclic) bond motifs is 1. The summed E-state index contributed by atoms with van der Waals surface area (Å²) < 4.78 is 0. The van der Waals surface area contributed by atoms with Gasteiger partial charge in [-0.15, -0.1) is 0 Å². The Balaban J connectivity index is 1.82. The van der Waals surface area contributed by atoms with Crippen molar-refractivity contribution >= 4 is 17.8 Å². The first-order valence-electron chi connectivity index (χ1n) is 8.64. The summed E-state index contributed by atoms with van der Waals surface area (Å²) in [6.45, 7) is 0. The van der Waals surface area contributed by atoms with Crippen molar-refractivity contribution in [1.29, 1.82) is 0 Å². The maximum atomic E-state index is 13.0. The van der Waals surface area contributed by atoms with Crippen LogP contribution in [-0.4, -0.2) is 45.9 Å². The van der Waals surface area contributed by atoms with Crippen LogP contribution in [-0.2, 0) is 9.59 Å². The molecule has 1 fully saturated rings. The molecule has 2 amide bonds. The lowest BCUT2D eigenvalue weighted by molar-refractivity contribution is -0.156. The number of hydrogen-bond donors (Lipinski definition) is 2. The van der Waals surface area contributed by atoms with Crippen molar-refractivity contribution in [2.75, 3.05) is 0 Å². The fourth-order valence-electron chi connectivity index (χ4n) is 3.61. The number of rotatable bonds is 3. The van der Waals surface area contributed by atoms with Gasteiger partial charge in [-0.05, 0) is 44.2 Å². The lowest BCUT2D eigenvalue weighted by Crippen LogP contribution is -2.59. The third-order valence-corrected chi connectivity index (χ3v) is 4.87. The van der Waals surface area contributed by atoms with E-state index in [1.807, 2.05) is 18.2 Å². The highest BCUT2D eigenvalue weighted by atomic mass is 16.4. The Morgan fingerprint density at radius 1 is 1.08 bits per heavy atom. The molecule has 0 aromatic heterocycles. The number of nitrogens with zero attached hydrogens (tertiary/aromatic N) is 1. The van der Waals surface area contributed by atoms with Crippen LogP contribution in [0.1, 0.15) is 42.5 Å². The fraction of sp³-hybridized carbons (Fsp3) is 0.421. The number of carbonyl (C=O) groups excluding carboxylic acids is 2. The van der Waals surface area contributed by atoms with Gasteiger partial charge in [-0.2, -0.15) is 0 Å². The molecule has 2 aliphatic rings. The van der Waals surface area contributed by atoms with Gasteiger partial charge in [0.05, 0.1) is 0 Å². The smallest absolute Gasteiger partial charge is 0.326 e. The van der Waals surface area contributed by atoms with Crippen molar-refractivity contribution in [2.45, 2.75) is 50.2 Å². The van der Waals surface area contributed by atoms with Crippen LogP contribution in [0.15, 0.2) is 42.5 Å². The van der Waals surface area contributed by atoms with Gasteiger partial charge in [0.25, 0.3) is 5.91 Å². The largest absolute Gasteiger partial charge is 0.480 e. The predicted molar refractivity (Wildman–Crippen MR) is 92.0 cm³/mol. The van der Waals surface area contributed by atoms with Gasteiger partial charge in [0.1, 0.15) is 12.1 Å². The van der Waals surface area contributed by atoms with Gasteiger partial charge < -0.3 is 15.3 Å². The molecule has 3 rings (SSSR count). The molecule has 6 heteroatoms. The first-order chi connectivity index (χ1) is 12.1.